The van der Waals surface area contributed by atoms with E-state index >= 15 is 0 Å². The van der Waals surface area contributed by atoms with Crippen LogP contribution in [0.15, 0.2) is 16.5 Å². The average Bonchev–Trinajstić information content (AvgIpc) is 3.20. The molecule has 21 heavy (non-hydrogen) atoms. The summed E-state index contributed by atoms with van der Waals surface area (Å²) < 4.78 is 5.45. The molecular formula is C14H14ClN3O3. The Bertz CT molecular complexity index is 695. The van der Waals surface area contributed by atoms with Crippen molar-refractivity contribution in [1.82, 2.24) is 9.97 Å². The maximum atomic E-state index is 11.2. The number of anilines is 1. The summed E-state index contributed by atoms with van der Waals surface area (Å²) >= 11 is 6.07. The summed E-state index contributed by atoms with van der Waals surface area (Å²) in [5, 5.41) is 12.2. The lowest BCUT2D eigenvalue weighted by atomic mass is 10.3. The van der Waals surface area contributed by atoms with E-state index in [9.17, 15) is 9.90 Å². The molecule has 2 N–H and O–H groups in total. The first-order valence-electron chi connectivity index (χ1n) is 6.64. The van der Waals surface area contributed by atoms with Gasteiger partial charge in [-0.3, -0.25) is 0 Å². The molecule has 2 aromatic heterocycles. The van der Waals surface area contributed by atoms with Crippen LogP contribution in [-0.2, 0) is 6.54 Å². The van der Waals surface area contributed by atoms with Gasteiger partial charge in [0.15, 0.2) is 5.69 Å². The number of carbonyl (C=O) groups is 1. The van der Waals surface area contributed by atoms with Crippen LogP contribution in [0, 0.1) is 6.92 Å². The minimum absolute atomic E-state index is 0.0233. The van der Waals surface area contributed by atoms with E-state index in [2.05, 4.69) is 15.3 Å². The molecule has 0 spiro atoms. The molecule has 0 aliphatic heterocycles. The van der Waals surface area contributed by atoms with Crippen molar-refractivity contribution in [1.29, 1.82) is 0 Å². The molecule has 0 bridgehead atoms. The van der Waals surface area contributed by atoms with Gasteiger partial charge >= 0.3 is 5.97 Å². The average molecular weight is 308 g/mol. The first-order chi connectivity index (χ1) is 10.0. The molecule has 1 fully saturated rings. The summed E-state index contributed by atoms with van der Waals surface area (Å²) in [4.78, 5) is 19.6. The minimum atomic E-state index is -1.15. The maximum Gasteiger partial charge on any atom is 0.356 e. The number of aromatic carboxylic acids is 1. The Labute approximate surface area is 126 Å². The van der Waals surface area contributed by atoms with E-state index in [1.807, 2.05) is 19.1 Å². The Hall–Kier alpha value is -2.08. The van der Waals surface area contributed by atoms with E-state index < -0.39 is 5.97 Å². The molecule has 2 aromatic rings. The monoisotopic (exact) mass is 307 g/mol. The number of carboxylic acid groups (broad SMARTS) is 1. The molecule has 3 rings (SSSR count). The Kier molecular flexibility index (Phi) is 3.55. The molecule has 1 saturated carbocycles. The summed E-state index contributed by atoms with van der Waals surface area (Å²) in [6.45, 7) is 2.24. The zero-order chi connectivity index (χ0) is 15.0. The molecule has 0 aromatic carbocycles. The SMILES string of the molecule is Cc1ccc(CNc2nc(C3CC3)nc(C(=O)O)c2Cl)o1. The smallest absolute Gasteiger partial charge is 0.356 e. The van der Waals surface area contributed by atoms with Crippen LogP contribution in [0.3, 0.4) is 0 Å². The summed E-state index contributed by atoms with van der Waals surface area (Å²) in [6.07, 6.45) is 1.97. The number of nitrogens with zero attached hydrogens (tertiary/aromatic N) is 2. The molecule has 0 saturated heterocycles. The fourth-order valence-corrected chi connectivity index (χ4v) is 2.23. The van der Waals surface area contributed by atoms with Crippen LogP contribution in [0.2, 0.25) is 5.02 Å². The fourth-order valence-electron chi connectivity index (χ4n) is 2.00. The highest BCUT2D eigenvalue weighted by atomic mass is 35.5. The van der Waals surface area contributed by atoms with Crippen LogP contribution < -0.4 is 5.32 Å². The first-order valence-corrected chi connectivity index (χ1v) is 7.02. The van der Waals surface area contributed by atoms with Gasteiger partial charge in [0, 0.05) is 5.92 Å². The van der Waals surface area contributed by atoms with Gasteiger partial charge in [-0.25, -0.2) is 14.8 Å². The molecule has 0 atom stereocenters. The van der Waals surface area contributed by atoms with Crippen molar-refractivity contribution in [3.05, 3.63) is 40.2 Å². The third kappa shape index (κ3) is 3.00. The van der Waals surface area contributed by atoms with Gasteiger partial charge in [0.1, 0.15) is 28.2 Å². The second kappa shape index (κ2) is 5.37. The summed E-state index contributed by atoms with van der Waals surface area (Å²) in [5.74, 6) is 1.50. The Morgan fingerprint density at radius 2 is 2.24 bits per heavy atom. The fraction of sp³-hybridized carbons (Fsp3) is 0.357. The van der Waals surface area contributed by atoms with Gasteiger partial charge in [-0.2, -0.15) is 0 Å². The topological polar surface area (TPSA) is 88.2 Å². The van der Waals surface area contributed by atoms with Crippen molar-refractivity contribution in [3.63, 3.8) is 0 Å². The number of aryl methyl sites for hydroxylation is 1. The van der Waals surface area contributed by atoms with E-state index in [4.69, 9.17) is 16.0 Å². The van der Waals surface area contributed by atoms with E-state index in [0.717, 1.165) is 24.4 Å². The summed E-state index contributed by atoms with van der Waals surface area (Å²) in [5.41, 5.74) is -0.160. The highest BCUT2D eigenvalue weighted by Crippen LogP contribution is 2.39. The lowest BCUT2D eigenvalue weighted by molar-refractivity contribution is 0.0690. The molecular weight excluding hydrogens is 294 g/mol. The van der Waals surface area contributed by atoms with Crippen molar-refractivity contribution in [2.75, 3.05) is 5.32 Å². The standard InChI is InChI=1S/C14H14ClN3O3/c1-7-2-5-9(21-7)6-16-13-10(15)11(14(19)20)17-12(18-13)8-3-4-8/h2,5,8H,3-4,6H2,1H3,(H,19,20)(H,16,17,18). The third-order valence-electron chi connectivity index (χ3n) is 3.24. The van der Waals surface area contributed by atoms with Crippen molar-refractivity contribution in [2.45, 2.75) is 32.2 Å². The molecule has 2 heterocycles. The van der Waals surface area contributed by atoms with Gasteiger partial charge in [-0.1, -0.05) is 11.6 Å². The van der Waals surface area contributed by atoms with Gasteiger partial charge in [-0.15, -0.1) is 0 Å². The minimum Gasteiger partial charge on any atom is -0.476 e. The van der Waals surface area contributed by atoms with Crippen molar-refractivity contribution in [3.8, 4) is 0 Å². The lowest BCUT2D eigenvalue weighted by Gasteiger charge is -2.10. The zero-order valence-corrected chi connectivity index (χ0v) is 12.1. The van der Waals surface area contributed by atoms with Gasteiger partial charge in [-0.05, 0) is 31.9 Å². The van der Waals surface area contributed by atoms with Crippen molar-refractivity contribution < 1.29 is 14.3 Å². The molecule has 7 heteroatoms. The van der Waals surface area contributed by atoms with Crippen LogP contribution >= 0.6 is 11.6 Å². The molecule has 0 radical (unpaired) electrons. The lowest BCUT2D eigenvalue weighted by Crippen LogP contribution is -2.11. The van der Waals surface area contributed by atoms with Gasteiger partial charge in [0.25, 0.3) is 0 Å². The number of hydrogen-bond donors (Lipinski definition) is 2. The van der Waals surface area contributed by atoms with Gasteiger partial charge in [0.05, 0.1) is 6.54 Å². The second-order valence-electron chi connectivity index (χ2n) is 5.04. The number of aromatic nitrogens is 2. The Morgan fingerprint density at radius 1 is 1.48 bits per heavy atom. The predicted molar refractivity (Wildman–Crippen MR) is 76.7 cm³/mol. The molecule has 1 aliphatic rings. The summed E-state index contributed by atoms with van der Waals surface area (Å²) in [6, 6.07) is 3.70. The number of halogens is 1. The van der Waals surface area contributed by atoms with Crippen molar-refractivity contribution in [2.24, 2.45) is 0 Å². The van der Waals surface area contributed by atoms with Crippen LogP contribution in [0.1, 0.15) is 46.6 Å². The number of nitrogens with one attached hydrogen (secondary N) is 1. The maximum absolute atomic E-state index is 11.2. The van der Waals surface area contributed by atoms with Crippen molar-refractivity contribution >= 4 is 23.4 Å². The van der Waals surface area contributed by atoms with Gasteiger partial charge in [0.2, 0.25) is 0 Å². The number of furan rings is 1. The normalized spacial score (nSPS) is 14.2. The Balaban J connectivity index is 1.87. The van der Waals surface area contributed by atoms with Gasteiger partial charge < -0.3 is 14.8 Å². The quantitative estimate of drug-likeness (QED) is 0.881. The molecule has 0 unspecified atom stereocenters. The second-order valence-corrected chi connectivity index (χ2v) is 5.42. The van der Waals surface area contributed by atoms with Crippen LogP contribution in [0.4, 0.5) is 5.82 Å². The van der Waals surface area contributed by atoms with Crippen LogP contribution in [0.25, 0.3) is 0 Å². The van der Waals surface area contributed by atoms with E-state index in [-0.39, 0.29) is 16.6 Å². The molecule has 6 nitrogen and oxygen atoms in total. The zero-order valence-electron chi connectivity index (χ0n) is 11.4. The molecule has 1 aliphatic carbocycles. The largest absolute Gasteiger partial charge is 0.476 e. The highest BCUT2D eigenvalue weighted by molar-refractivity contribution is 6.35. The Morgan fingerprint density at radius 3 is 2.81 bits per heavy atom. The van der Waals surface area contributed by atoms with E-state index in [0.29, 0.717) is 18.2 Å². The molecule has 0 amide bonds. The van der Waals surface area contributed by atoms with Crippen LogP contribution in [0.5, 0.6) is 0 Å². The third-order valence-corrected chi connectivity index (χ3v) is 3.60. The summed E-state index contributed by atoms with van der Waals surface area (Å²) in [7, 11) is 0. The van der Waals surface area contributed by atoms with E-state index in [1.165, 1.54) is 0 Å². The molecule has 110 valence electrons. The highest BCUT2D eigenvalue weighted by Gasteiger charge is 2.29. The van der Waals surface area contributed by atoms with E-state index in [1.54, 1.807) is 0 Å². The number of carboxylic acids is 1. The predicted octanol–water partition coefficient (Wildman–Crippen LogP) is 3.22. The number of hydrogen-bond acceptors (Lipinski definition) is 5. The number of rotatable bonds is 5. The first kappa shape index (κ1) is 13.9. The van der Waals surface area contributed by atoms with Crippen LogP contribution in [-0.4, -0.2) is 21.0 Å².